The molecule has 0 radical (unpaired) electrons. The molecule has 1 N–H and O–H groups in total. The van der Waals surface area contributed by atoms with Gasteiger partial charge in [0.15, 0.2) is 0 Å². The highest BCUT2D eigenvalue weighted by Crippen LogP contribution is 2.26. The minimum atomic E-state index is -3.94. The number of halogens is 1. The number of benzene rings is 3. The standard InChI is InChI=1S/C24H25BrN2O4S/c1-18(2)31-22-11-6-8-19(14-22)16-26-24(28)17-27(21-10-7-9-20(25)15-21)32(29,30)23-12-4-3-5-13-23/h3-15,18H,16-17H2,1-2H3,(H,26,28). The summed E-state index contributed by atoms with van der Waals surface area (Å²) in [5.41, 5.74) is 1.25. The van der Waals surface area contributed by atoms with Gasteiger partial charge in [-0.15, -0.1) is 0 Å². The fraction of sp³-hybridized carbons (Fsp3) is 0.208. The fourth-order valence-corrected chi connectivity index (χ4v) is 4.87. The molecule has 0 bridgehead atoms. The van der Waals surface area contributed by atoms with Gasteiger partial charge < -0.3 is 10.1 Å². The average Bonchev–Trinajstić information content (AvgIpc) is 2.76. The number of amides is 1. The van der Waals surface area contributed by atoms with Gasteiger partial charge in [0.05, 0.1) is 16.7 Å². The van der Waals surface area contributed by atoms with E-state index in [0.29, 0.717) is 15.9 Å². The first-order valence-corrected chi connectivity index (χ1v) is 12.3. The minimum Gasteiger partial charge on any atom is -0.491 e. The molecule has 0 aliphatic heterocycles. The quantitative estimate of drug-likeness (QED) is 0.445. The average molecular weight is 517 g/mol. The Morgan fingerprint density at radius 3 is 2.41 bits per heavy atom. The van der Waals surface area contributed by atoms with Crippen molar-refractivity contribution >= 4 is 37.5 Å². The van der Waals surface area contributed by atoms with Gasteiger partial charge in [-0.2, -0.15) is 0 Å². The largest absolute Gasteiger partial charge is 0.491 e. The zero-order chi connectivity index (χ0) is 23.1. The second-order valence-electron chi connectivity index (χ2n) is 7.40. The summed E-state index contributed by atoms with van der Waals surface area (Å²) >= 11 is 3.37. The molecule has 3 aromatic carbocycles. The third kappa shape index (κ3) is 6.34. The van der Waals surface area contributed by atoms with Crippen molar-refractivity contribution in [1.82, 2.24) is 5.32 Å². The zero-order valence-corrected chi connectivity index (χ0v) is 20.3. The summed E-state index contributed by atoms with van der Waals surface area (Å²) in [5, 5.41) is 2.81. The predicted molar refractivity (Wildman–Crippen MR) is 129 cm³/mol. The van der Waals surface area contributed by atoms with Gasteiger partial charge in [0.1, 0.15) is 12.3 Å². The summed E-state index contributed by atoms with van der Waals surface area (Å²) in [6.07, 6.45) is 0.0433. The van der Waals surface area contributed by atoms with Crippen LogP contribution in [0, 0.1) is 0 Å². The number of nitrogens with zero attached hydrogens (tertiary/aromatic N) is 1. The lowest BCUT2D eigenvalue weighted by atomic mass is 10.2. The molecule has 0 spiro atoms. The normalized spacial score (nSPS) is 11.2. The van der Waals surface area contributed by atoms with Crippen LogP contribution in [0.15, 0.2) is 88.2 Å². The Bertz CT molecular complexity index is 1170. The lowest BCUT2D eigenvalue weighted by molar-refractivity contribution is -0.119. The van der Waals surface area contributed by atoms with Crippen LogP contribution in [0.1, 0.15) is 19.4 Å². The Hall–Kier alpha value is -2.84. The second kappa shape index (κ2) is 10.7. The molecule has 0 unspecified atom stereocenters. The molecule has 0 aromatic heterocycles. The molecule has 0 heterocycles. The number of rotatable bonds is 9. The Morgan fingerprint density at radius 2 is 1.72 bits per heavy atom. The molecule has 0 saturated carbocycles. The summed E-state index contributed by atoms with van der Waals surface area (Å²) in [6.45, 7) is 3.79. The Kier molecular flexibility index (Phi) is 7.93. The van der Waals surface area contributed by atoms with Crippen LogP contribution in [-0.2, 0) is 21.4 Å². The van der Waals surface area contributed by atoms with Gasteiger partial charge in [0, 0.05) is 11.0 Å². The van der Waals surface area contributed by atoms with Crippen LogP contribution in [0.5, 0.6) is 5.75 Å². The smallest absolute Gasteiger partial charge is 0.264 e. The van der Waals surface area contributed by atoms with Crippen molar-refractivity contribution in [2.75, 3.05) is 10.8 Å². The number of nitrogens with one attached hydrogen (secondary N) is 1. The van der Waals surface area contributed by atoms with Gasteiger partial charge in [-0.3, -0.25) is 9.10 Å². The number of anilines is 1. The van der Waals surface area contributed by atoms with Crippen molar-refractivity contribution in [2.45, 2.75) is 31.4 Å². The fourth-order valence-electron chi connectivity index (χ4n) is 3.05. The SMILES string of the molecule is CC(C)Oc1cccc(CNC(=O)CN(c2cccc(Br)c2)S(=O)(=O)c2ccccc2)c1. The highest BCUT2D eigenvalue weighted by Gasteiger charge is 2.27. The van der Waals surface area contributed by atoms with Crippen LogP contribution in [0.4, 0.5) is 5.69 Å². The summed E-state index contributed by atoms with van der Waals surface area (Å²) in [6, 6.07) is 22.4. The molecule has 0 aliphatic carbocycles. The van der Waals surface area contributed by atoms with Gasteiger partial charge in [-0.05, 0) is 61.9 Å². The number of ether oxygens (including phenoxy) is 1. The van der Waals surface area contributed by atoms with Crippen LogP contribution in [0.3, 0.4) is 0 Å². The minimum absolute atomic E-state index is 0.0433. The van der Waals surface area contributed by atoms with Crippen LogP contribution in [0.2, 0.25) is 0 Å². The first-order valence-electron chi connectivity index (χ1n) is 10.1. The maximum Gasteiger partial charge on any atom is 0.264 e. The van der Waals surface area contributed by atoms with Crippen LogP contribution < -0.4 is 14.4 Å². The van der Waals surface area contributed by atoms with E-state index >= 15 is 0 Å². The molecule has 32 heavy (non-hydrogen) atoms. The Morgan fingerprint density at radius 1 is 1.00 bits per heavy atom. The van der Waals surface area contributed by atoms with Crippen LogP contribution >= 0.6 is 15.9 Å². The number of hydrogen-bond donors (Lipinski definition) is 1. The summed E-state index contributed by atoms with van der Waals surface area (Å²) < 4.78 is 34.1. The van der Waals surface area contributed by atoms with Gasteiger partial charge in [-0.25, -0.2) is 8.42 Å². The third-order valence-corrected chi connectivity index (χ3v) is 6.76. The molecule has 3 rings (SSSR count). The molecule has 8 heteroatoms. The predicted octanol–water partition coefficient (Wildman–Crippen LogP) is 4.75. The summed E-state index contributed by atoms with van der Waals surface area (Å²) in [7, 11) is -3.94. The van der Waals surface area contributed by atoms with Crippen LogP contribution in [-0.4, -0.2) is 27.0 Å². The molecule has 0 fully saturated rings. The summed E-state index contributed by atoms with van der Waals surface area (Å²) in [4.78, 5) is 12.9. The first-order chi connectivity index (χ1) is 15.3. The molecule has 168 valence electrons. The van der Waals surface area contributed by atoms with E-state index in [9.17, 15) is 13.2 Å². The van der Waals surface area contributed by atoms with Gasteiger partial charge in [-0.1, -0.05) is 52.3 Å². The van der Waals surface area contributed by atoms with E-state index in [-0.39, 0.29) is 24.1 Å². The molecular weight excluding hydrogens is 492 g/mol. The molecule has 0 atom stereocenters. The lowest BCUT2D eigenvalue weighted by Gasteiger charge is -2.24. The Labute approximate surface area is 197 Å². The van der Waals surface area contributed by atoms with Crippen molar-refractivity contribution in [2.24, 2.45) is 0 Å². The van der Waals surface area contributed by atoms with E-state index in [0.717, 1.165) is 9.87 Å². The molecule has 0 saturated heterocycles. The van der Waals surface area contributed by atoms with E-state index in [4.69, 9.17) is 4.74 Å². The van der Waals surface area contributed by atoms with E-state index in [2.05, 4.69) is 21.2 Å². The van der Waals surface area contributed by atoms with Crippen LogP contribution in [0.25, 0.3) is 0 Å². The number of sulfonamides is 1. The third-order valence-electron chi connectivity index (χ3n) is 4.47. The van der Waals surface area contributed by atoms with E-state index in [1.807, 2.05) is 38.1 Å². The van der Waals surface area contributed by atoms with E-state index in [1.54, 1.807) is 42.5 Å². The summed E-state index contributed by atoms with van der Waals surface area (Å²) in [5.74, 6) is 0.300. The lowest BCUT2D eigenvalue weighted by Crippen LogP contribution is -2.40. The maximum atomic E-state index is 13.3. The molecule has 6 nitrogen and oxygen atoms in total. The van der Waals surface area contributed by atoms with E-state index < -0.39 is 15.9 Å². The highest BCUT2D eigenvalue weighted by atomic mass is 79.9. The van der Waals surface area contributed by atoms with Gasteiger partial charge >= 0.3 is 0 Å². The number of hydrogen-bond acceptors (Lipinski definition) is 4. The highest BCUT2D eigenvalue weighted by molar-refractivity contribution is 9.10. The molecule has 3 aromatic rings. The number of carbonyl (C=O) groups excluding carboxylic acids is 1. The topological polar surface area (TPSA) is 75.7 Å². The van der Waals surface area contributed by atoms with Crippen molar-refractivity contribution in [3.05, 3.63) is 88.9 Å². The van der Waals surface area contributed by atoms with Crippen molar-refractivity contribution in [1.29, 1.82) is 0 Å². The Balaban J connectivity index is 1.79. The van der Waals surface area contributed by atoms with Gasteiger partial charge in [0.25, 0.3) is 10.0 Å². The molecule has 0 aliphatic rings. The van der Waals surface area contributed by atoms with Crippen molar-refractivity contribution in [3.63, 3.8) is 0 Å². The maximum absolute atomic E-state index is 13.3. The van der Waals surface area contributed by atoms with E-state index in [1.165, 1.54) is 12.1 Å². The number of carbonyl (C=O) groups is 1. The second-order valence-corrected chi connectivity index (χ2v) is 10.2. The first kappa shape index (κ1) is 23.8. The zero-order valence-electron chi connectivity index (χ0n) is 17.9. The van der Waals surface area contributed by atoms with Gasteiger partial charge in [0.2, 0.25) is 5.91 Å². The monoisotopic (exact) mass is 516 g/mol. The van der Waals surface area contributed by atoms with Crippen molar-refractivity contribution in [3.8, 4) is 5.75 Å². The molecular formula is C24H25BrN2O4S. The molecule has 1 amide bonds. The van der Waals surface area contributed by atoms with Crippen molar-refractivity contribution < 1.29 is 17.9 Å².